The molecule has 1 aliphatic carbocycles. The van der Waals surface area contributed by atoms with Crippen LogP contribution in [0.4, 0.5) is 10.2 Å². The van der Waals surface area contributed by atoms with E-state index < -0.39 is 6.17 Å². The van der Waals surface area contributed by atoms with Gasteiger partial charge in [0.15, 0.2) is 5.65 Å². The number of nitrogens with zero attached hydrogens (tertiary/aromatic N) is 4. The molecule has 25 heavy (non-hydrogen) atoms. The van der Waals surface area contributed by atoms with Gasteiger partial charge in [-0.3, -0.25) is 0 Å². The Kier molecular flexibility index (Phi) is 3.41. The minimum Gasteiger partial charge on any atom is -0.363 e. The maximum atomic E-state index is 13.8. The van der Waals surface area contributed by atoms with E-state index in [1.54, 1.807) is 6.20 Å². The molecule has 4 heterocycles. The third-order valence-electron chi connectivity index (χ3n) is 4.92. The number of anilines is 1. The van der Waals surface area contributed by atoms with Crippen molar-refractivity contribution in [2.45, 2.75) is 31.0 Å². The lowest BCUT2D eigenvalue weighted by atomic mass is 10.2. The van der Waals surface area contributed by atoms with Crippen LogP contribution in [0.5, 0.6) is 0 Å². The summed E-state index contributed by atoms with van der Waals surface area (Å²) >= 11 is 0. The zero-order valence-electron chi connectivity index (χ0n) is 13.7. The average Bonchev–Trinajstić information content (AvgIpc) is 3.28. The summed E-state index contributed by atoms with van der Waals surface area (Å²) in [6.45, 7) is 0.994. The maximum Gasteiger partial charge on any atom is 0.164 e. The molecule has 2 atom stereocenters. The molecule has 0 spiro atoms. The van der Waals surface area contributed by atoms with E-state index in [9.17, 15) is 4.39 Å². The Morgan fingerprint density at radius 1 is 1.20 bits per heavy atom. The van der Waals surface area contributed by atoms with E-state index in [2.05, 4.69) is 31.9 Å². The zero-order valence-corrected chi connectivity index (χ0v) is 13.7. The fraction of sp³-hybridized carbons (Fsp3) is 0.389. The molecule has 3 aromatic rings. The highest BCUT2D eigenvalue weighted by Gasteiger charge is 2.27. The highest BCUT2D eigenvalue weighted by molar-refractivity contribution is 5.75. The summed E-state index contributed by atoms with van der Waals surface area (Å²) in [6, 6.07) is 5.46. The highest BCUT2D eigenvalue weighted by Crippen LogP contribution is 2.39. The third kappa shape index (κ3) is 2.74. The first-order valence-corrected chi connectivity index (χ1v) is 8.70. The minimum absolute atomic E-state index is 0.245. The van der Waals surface area contributed by atoms with Crippen LogP contribution in [0.3, 0.4) is 0 Å². The first-order chi connectivity index (χ1) is 12.3. The lowest BCUT2D eigenvalue weighted by Crippen LogP contribution is -2.29. The largest absolute Gasteiger partial charge is 0.363 e. The molecule has 1 saturated heterocycles. The third-order valence-corrected chi connectivity index (χ3v) is 4.92. The minimum atomic E-state index is -0.898. The van der Waals surface area contributed by atoms with Crippen molar-refractivity contribution in [1.82, 2.24) is 24.9 Å². The molecule has 2 unspecified atom stereocenters. The van der Waals surface area contributed by atoms with Crippen molar-refractivity contribution in [2.24, 2.45) is 0 Å². The summed E-state index contributed by atoms with van der Waals surface area (Å²) in [5.41, 5.74) is 3.70. The fourth-order valence-corrected chi connectivity index (χ4v) is 3.34. The van der Waals surface area contributed by atoms with Gasteiger partial charge in [0, 0.05) is 25.5 Å². The Morgan fingerprint density at radius 3 is 2.92 bits per heavy atom. The van der Waals surface area contributed by atoms with Crippen LogP contribution >= 0.6 is 0 Å². The van der Waals surface area contributed by atoms with Gasteiger partial charge in [-0.25, -0.2) is 18.9 Å². The number of hydrogen-bond donors (Lipinski definition) is 2. The van der Waals surface area contributed by atoms with Crippen molar-refractivity contribution < 1.29 is 4.39 Å². The van der Waals surface area contributed by atoms with Crippen LogP contribution in [0.1, 0.15) is 24.3 Å². The summed E-state index contributed by atoms with van der Waals surface area (Å²) in [5.74, 6) is 1.31. The predicted molar refractivity (Wildman–Crippen MR) is 93.4 cm³/mol. The van der Waals surface area contributed by atoms with Crippen molar-refractivity contribution in [1.29, 1.82) is 0 Å². The van der Waals surface area contributed by atoms with Gasteiger partial charge in [0.2, 0.25) is 0 Å². The number of pyridine rings is 1. The topological polar surface area (TPSA) is 67.1 Å². The summed E-state index contributed by atoms with van der Waals surface area (Å²) in [6.07, 6.45) is 7.37. The number of aromatic nitrogens is 4. The van der Waals surface area contributed by atoms with E-state index in [1.807, 2.05) is 28.9 Å². The van der Waals surface area contributed by atoms with Crippen molar-refractivity contribution in [3.8, 4) is 11.3 Å². The summed E-state index contributed by atoms with van der Waals surface area (Å²) in [5, 5.41) is 10.7. The molecule has 0 aromatic carbocycles. The number of fused-ring (bicyclic) bond motifs is 1. The molecule has 2 N–H and O–H groups in total. The van der Waals surface area contributed by atoms with Crippen LogP contribution in [-0.4, -0.2) is 44.9 Å². The Hall–Kier alpha value is -2.54. The van der Waals surface area contributed by atoms with Crippen molar-refractivity contribution >= 4 is 11.5 Å². The van der Waals surface area contributed by atoms with Crippen LogP contribution in [0.2, 0.25) is 0 Å². The number of nitrogens with one attached hydrogen (secondary N) is 2. The van der Waals surface area contributed by atoms with E-state index in [4.69, 9.17) is 0 Å². The predicted octanol–water partition coefficient (Wildman–Crippen LogP) is 2.39. The molecule has 1 saturated carbocycles. The number of alkyl halides is 1. The molecule has 6 nitrogen and oxygen atoms in total. The van der Waals surface area contributed by atoms with E-state index in [0.717, 1.165) is 16.9 Å². The Morgan fingerprint density at radius 2 is 2.12 bits per heavy atom. The molecule has 5 rings (SSSR count). The smallest absolute Gasteiger partial charge is 0.164 e. The van der Waals surface area contributed by atoms with Gasteiger partial charge in [0.25, 0.3) is 0 Å². The number of halogens is 1. The quantitative estimate of drug-likeness (QED) is 0.765. The molecule has 0 radical (unpaired) electrons. The molecule has 1 aliphatic heterocycles. The van der Waals surface area contributed by atoms with Gasteiger partial charge < -0.3 is 10.6 Å². The van der Waals surface area contributed by atoms with Crippen LogP contribution < -0.4 is 10.6 Å². The van der Waals surface area contributed by atoms with Crippen LogP contribution in [0, 0.1) is 0 Å². The van der Waals surface area contributed by atoms with E-state index in [-0.39, 0.29) is 6.04 Å². The summed E-state index contributed by atoms with van der Waals surface area (Å²) in [7, 11) is 0. The molecular formula is C18H19FN6. The number of rotatable bonds is 4. The fourth-order valence-electron chi connectivity index (χ4n) is 3.34. The summed E-state index contributed by atoms with van der Waals surface area (Å²) in [4.78, 5) is 9.23. The lowest BCUT2D eigenvalue weighted by molar-refractivity contribution is 0.342. The molecule has 0 amide bonds. The Labute approximate surface area is 144 Å². The van der Waals surface area contributed by atoms with Crippen molar-refractivity contribution in [3.05, 3.63) is 42.4 Å². The van der Waals surface area contributed by atoms with Crippen LogP contribution in [0.15, 0.2) is 36.8 Å². The SMILES string of the molecule is FC1CNCC1Nc1cccc(-c2cnn3cc(C4CC4)cnc23)n1. The van der Waals surface area contributed by atoms with Crippen molar-refractivity contribution in [3.63, 3.8) is 0 Å². The van der Waals surface area contributed by atoms with E-state index in [1.165, 1.54) is 18.4 Å². The molecule has 0 bridgehead atoms. The Balaban J connectivity index is 1.46. The van der Waals surface area contributed by atoms with Crippen LogP contribution in [0.25, 0.3) is 16.9 Å². The molecular weight excluding hydrogens is 319 g/mol. The monoisotopic (exact) mass is 338 g/mol. The average molecular weight is 338 g/mol. The second-order valence-corrected chi connectivity index (χ2v) is 6.82. The Bertz CT molecular complexity index is 919. The first-order valence-electron chi connectivity index (χ1n) is 8.70. The van der Waals surface area contributed by atoms with Gasteiger partial charge in [-0.05, 0) is 36.5 Å². The first kappa shape index (κ1) is 14.8. The molecule has 2 fully saturated rings. The molecule has 128 valence electrons. The highest BCUT2D eigenvalue weighted by atomic mass is 19.1. The number of hydrogen-bond acceptors (Lipinski definition) is 5. The van der Waals surface area contributed by atoms with Gasteiger partial charge in [-0.2, -0.15) is 5.10 Å². The maximum absolute atomic E-state index is 13.8. The molecule has 3 aromatic heterocycles. The van der Waals surface area contributed by atoms with E-state index >= 15 is 0 Å². The molecule has 7 heteroatoms. The normalized spacial score (nSPS) is 23.2. The van der Waals surface area contributed by atoms with E-state index in [0.29, 0.717) is 24.8 Å². The van der Waals surface area contributed by atoms with Crippen molar-refractivity contribution in [2.75, 3.05) is 18.4 Å². The van der Waals surface area contributed by atoms with Crippen LogP contribution in [-0.2, 0) is 0 Å². The second kappa shape index (κ2) is 5.77. The van der Waals surface area contributed by atoms with Gasteiger partial charge in [-0.15, -0.1) is 0 Å². The second-order valence-electron chi connectivity index (χ2n) is 6.82. The van der Waals surface area contributed by atoms with Gasteiger partial charge >= 0.3 is 0 Å². The standard InChI is InChI=1S/C18H19FN6/c19-14-8-20-9-16(14)24-17-3-1-2-15(23-17)13-7-22-25-10-12(11-4-5-11)6-21-18(13)25/h1-3,6-7,10-11,14,16,20H,4-5,8-9H2,(H,23,24). The summed E-state index contributed by atoms with van der Waals surface area (Å²) < 4.78 is 15.6. The van der Waals surface area contributed by atoms with Gasteiger partial charge in [-0.1, -0.05) is 6.07 Å². The van der Waals surface area contributed by atoms with Gasteiger partial charge in [0.05, 0.1) is 23.5 Å². The lowest BCUT2D eigenvalue weighted by Gasteiger charge is -2.15. The van der Waals surface area contributed by atoms with Gasteiger partial charge in [0.1, 0.15) is 12.0 Å². The zero-order chi connectivity index (χ0) is 16.8. The molecule has 2 aliphatic rings.